The highest BCUT2D eigenvalue weighted by Gasteiger charge is 2.28. The van der Waals surface area contributed by atoms with E-state index in [0.717, 1.165) is 25.9 Å². The van der Waals surface area contributed by atoms with E-state index in [1.54, 1.807) is 0 Å². The van der Waals surface area contributed by atoms with Gasteiger partial charge in [-0.3, -0.25) is 4.79 Å². The molecule has 1 rings (SSSR count). The first-order valence-corrected chi connectivity index (χ1v) is 5.97. The highest BCUT2D eigenvalue weighted by molar-refractivity contribution is 5.82. The Labute approximate surface area is 93.0 Å². The highest BCUT2D eigenvalue weighted by atomic mass is 16.2. The van der Waals surface area contributed by atoms with Crippen LogP contribution in [0.25, 0.3) is 0 Å². The Hall–Kier alpha value is -0.570. The van der Waals surface area contributed by atoms with Gasteiger partial charge in [0.15, 0.2) is 0 Å². The lowest BCUT2D eigenvalue weighted by molar-refractivity contribution is -0.130. The van der Waals surface area contributed by atoms with Crippen molar-refractivity contribution in [1.29, 1.82) is 0 Å². The fourth-order valence-corrected chi connectivity index (χ4v) is 1.81. The van der Waals surface area contributed by atoms with Crippen molar-refractivity contribution in [2.24, 2.45) is 11.3 Å². The molecule has 2 atom stereocenters. The van der Waals surface area contributed by atoms with E-state index in [2.05, 4.69) is 24.5 Å². The molecule has 2 N–H and O–H groups in total. The average Bonchev–Trinajstić information content (AvgIpc) is 2.17. The van der Waals surface area contributed by atoms with Gasteiger partial charge in [-0.05, 0) is 25.3 Å². The van der Waals surface area contributed by atoms with Gasteiger partial charge >= 0.3 is 0 Å². The fourth-order valence-electron chi connectivity index (χ4n) is 1.81. The molecule has 0 spiro atoms. The smallest absolute Gasteiger partial charge is 0.225 e. The van der Waals surface area contributed by atoms with Crippen LogP contribution in [0.5, 0.6) is 0 Å². The molecule has 3 nitrogen and oxygen atoms in total. The second-order valence-corrected chi connectivity index (χ2v) is 5.41. The van der Waals surface area contributed by atoms with E-state index in [1.807, 2.05) is 13.8 Å². The highest BCUT2D eigenvalue weighted by Crippen LogP contribution is 2.20. The molecule has 1 heterocycles. The SMILES string of the molecule is CCC(C)(C)C(=O)NC1CNCC(C)C1. The maximum atomic E-state index is 11.9. The Balaban J connectivity index is 2.44. The summed E-state index contributed by atoms with van der Waals surface area (Å²) in [7, 11) is 0. The molecular weight excluding hydrogens is 188 g/mol. The minimum Gasteiger partial charge on any atom is -0.352 e. The summed E-state index contributed by atoms with van der Waals surface area (Å²) in [5.41, 5.74) is -0.235. The third kappa shape index (κ3) is 3.49. The van der Waals surface area contributed by atoms with E-state index >= 15 is 0 Å². The van der Waals surface area contributed by atoms with Gasteiger partial charge < -0.3 is 10.6 Å². The number of carbonyl (C=O) groups is 1. The molecule has 15 heavy (non-hydrogen) atoms. The first-order valence-electron chi connectivity index (χ1n) is 5.97. The van der Waals surface area contributed by atoms with Crippen LogP contribution in [0.4, 0.5) is 0 Å². The number of amides is 1. The molecule has 3 heteroatoms. The molecule has 0 aromatic heterocycles. The first-order chi connectivity index (χ1) is 6.95. The average molecular weight is 212 g/mol. The number of nitrogens with one attached hydrogen (secondary N) is 2. The van der Waals surface area contributed by atoms with Gasteiger partial charge in [-0.25, -0.2) is 0 Å². The lowest BCUT2D eigenvalue weighted by Gasteiger charge is -2.31. The summed E-state index contributed by atoms with van der Waals surface area (Å²) in [6, 6.07) is 0.312. The molecule has 0 aromatic rings. The number of carbonyl (C=O) groups excluding carboxylic acids is 1. The van der Waals surface area contributed by atoms with Crippen LogP contribution in [0, 0.1) is 11.3 Å². The Kier molecular flexibility index (Phi) is 4.14. The molecule has 2 unspecified atom stereocenters. The molecule has 0 aromatic carbocycles. The molecule has 0 radical (unpaired) electrons. The standard InChI is InChI=1S/C12H24N2O/c1-5-12(3,4)11(15)14-10-6-9(2)7-13-8-10/h9-10,13H,5-8H2,1-4H3,(H,14,15). The zero-order chi connectivity index (χ0) is 11.5. The summed E-state index contributed by atoms with van der Waals surface area (Å²) >= 11 is 0. The van der Waals surface area contributed by atoms with E-state index in [4.69, 9.17) is 0 Å². The van der Waals surface area contributed by atoms with Crippen LogP contribution in [0.2, 0.25) is 0 Å². The molecule has 1 amide bonds. The van der Waals surface area contributed by atoms with Gasteiger partial charge in [0.1, 0.15) is 0 Å². The van der Waals surface area contributed by atoms with E-state index < -0.39 is 0 Å². The van der Waals surface area contributed by atoms with E-state index in [-0.39, 0.29) is 11.3 Å². The molecule has 0 saturated carbocycles. The van der Waals surface area contributed by atoms with Crippen LogP contribution < -0.4 is 10.6 Å². The van der Waals surface area contributed by atoms with Crippen LogP contribution in [-0.4, -0.2) is 25.0 Å². The largest absolute Gasteiger partial charge is 0.352 e. The van der Waals surface area contributed by atoms with Gasteiger partial charge in [0.05, 0.1) is 0 Å². The van der Waals surface area contributed by atoms with Crippen molar-refractivity contribution in [2.75, 3.05) is 13.1 Å². The van der Waals surface area contributed by atoms with Crippen molar-refractivity contribution in [3.63, 3.8) is 0 Å². The normalized spacial score (nSPS) is 27.5. The van der Waals surface area contributed by atoms with Crippen molar-refractivity contribution in [3.05, 3.63) is 0 Å². The van der Waals surface area contributed by atoms with Gasteiger partial charge in [-0.2, -0.15) is 0 Å². The Morgan fingerprint density at radius 3 is 2.67 bits per heavy atom. The van der Waals surface area contributed by atoms with Crippen LogP contribution in [-0.2, 0) is 4.79 Å². The zero-order valence-electron chi connectivity index (χ0n) is 10.4. The van der Waals surface area contributed by atoms with E-state index in [1.165, 1.54) is 0 Å². The molecule has 0 aliphatic carbocycles. The molecule has 88 valence electrons. The second kappa shape index (κ2) is 4.97. The molecule has 1 fully saturated rings. The number of rotatable bonds is 3. The minimum absolute atomic E-state index is 0.186. The predicted molar refractivity (Wildman–Crippen MR) is 62.7 cm³/mol. The van der Waals surface area contributed by atoms with Crippen LogP contribution in [0.15, 0.2) is 0 Å². The van der Waals surface area contributed by atoms with Crippen LogP contribution >= 0.6 is 0 Å². The fraction of sp³-hybridized carbons (Fsp3) is 0.917. The third-order valence-corrected chi connectivity index (χ3v) is 3.40. The van der Waals surface area contributed by atoms with Crippen molar-refractivity contribution >= 4 is 5.91 Å². The quantitative estimate of drug-likeness (QED) is 0.745. The van der Waals surface area contributed by atoms with Gasteiger partial charge in [0.25, 0.3) is 0 Å². The summed E-state index contributed by atoms with van der Waals surface area (Å²) < 4.78 is 0. The van der Waals surface area contributed by atoms with Gasteiger partial charge in [-0.15, -0.1) is 0 Å². The summed E-state index contributed by atoms with van der Waals surface area (Å²) in [6.07, 6.45) is 1.98. The van der Waals surface area contributed by atoms with Crippen LogP contribution in [0.3, 0.4) is 0 Å². The summed E-state index contributed by atoms with van der Waals surface area (Å²) in [5, 5.41) is 6.48. The maximum Gasteiger partial charge on any atom is 0.225 e. The summed E-state index contributed by atoms with van der Waals surface area (Å²) in [6.45, 7) is 10.3. The summed E-state index contributed by atoms with van der Waals surface area (Å²) in [4.78, 5) is 11.9. The Morgan fingerprint density at radius 1 is 1.47 bits per heavy atom. The topological polar surface area (TPSA) is 41.1 Å². The van der Waals surface area contributed by atoms with Crippen molar-refractivity contribution in [2.45, 2.75) is 46.6 Å². The second-order valence-electron chi connectivity index (χ2n) is 5.41. The predicted octanol–water partition coefficient (Wildman–Crippen LogP) is 1.54. The summed E-state index contributed by atoms with van der Waals surface area (Å²) in [5.74, 6) is 0.847. The minimum atomic E-state index is -0.235. The Morgan fingerprint density at radius 2 is 2.13 bits per heavy atom. The van der Waals surface area contributed by atoms with Crippen molar-refractivity contribution in [1.82, 2.24) is 10.6 Å². The number of hydrogen-bond donors (Lipinski definition) is 2. The van der Waals surface area contributed by atoms with Gasteiger partial charge in [0, 0.05) is 18.0 Å². The lowest BCUT2D eigenvalue weighted by Crippen LogP contribution is -2.51. The first kappa shape index (κ1) is 12.5. The van der Waals surface area contributed by atoms with E-state index in [0.29, 0.717) is 12.0 Å². The van der Waals surface area contributed by atoms with Gasteiger partial charge in [0.2, 0.25) is 5.91 Å². The number of piperidine rings is 1. The van der Waals surface area contributed by atoms with Crippen LogP contribution in [0.1, 0.15) is 40.5 Å². The van der Waals surface area contributed by atoms with Crippen molar-refractivity contribution in [3.8, 4) is 0 Å². The van der Waals surface area contributed by atoms with Gasteiger partial charge in [-0.1, -0.05) is 27.7 Å². The van der Waals surface area contributed by atoms with Crippen molar-refractivity contribution < 1.29 is 4.79 Å². The lowest BCUT2D eigenvalue weighted by atomic mass is 9.88. The molecular formula is C12H24N2O. The Bertz CT molecular complexity index is 226. The monoisotopic (exact) mass is 212 g/mol. The van der Waals surface area contributed by atoms with E-state index in [9.17, 15) is 4.79 Å². The molecule has 1 aliphatic rings. The zero-order valence-corrected chi connectivity index (χ0v) is 10.4. The molecule has 1 saturated heterocycles. The maximum absolute atomic E-state index is 11.9. The third-order valence-electron chi connectivity index (χ3n) is 3.40. The number of hydrogen-bond acceptors (Lipinski definition) is 2. The molecule has 1 aliphatic heterocycles. The molecule has 0 bridgehead atoms.